The molecule has 7 heteroatoms. The van der Waals surface area contributed by atoms with E-state index in [1.807, 2.05) is 30.3 Å². The van der Waals surface area contributed by atoms with Crippen molar-refractivity contribution in [3.05, 3.63) is 110 Å². The third kappa shape index (κ3) is 4.85. The lowest BCUT2D eigenvalue weighted by Gasteiger charge is -2.12. The fraction of sp³-hybridized carbons (Fsp3) is 0.0370. The molecule has 0 aromatic heterocycles. The molecular weight excluding hydrogens is 581 g/mol. The van der Waals surface area contributed by atoms with Crippen molar-refractivity contribution in [3.63, 3.8) is 0 Å². The second-order valence-electron chi connectivity index (χ2n) is 7.66. The molecule has 0 N–H and O–H groups in total. The monoisotopic (exact) mass is 597 g/mol. The van der Waals surface area contributed by atoms with Gasteiger partial charge in [-0.3, -0.25) is 9.59 Å². The zero-order chi connectivity index (χ0) is 23.7. The summed E-state index contributed by atoms with van der Waals surface area (Å²) >= 11 is 9.16. The van der Waals surface area contributed by atoms with Crippen LogP contribution in [0.25, 0.3) is 16.8 Å². The molecule has 0 unspecified atom stereocenters. The van der Waals surface area contributed by atoms with Crippen molar-refractivity contribution in [2.45, 2.75) is 6.61 Å². The minimum absolute atomic E-state index is 0.344. The van der Waals surface area contributed by atoms with Gasteiger partial charge in [0, 0.05) is 5.02 Å². The Bertz CT molecular complexity index is 1470. The molecule has 5 rings (SSSR count). The number of hydrogen-bond acceptors (Lipinski definition) is 4. The van der Waals surface area contributed by atoms with E-state index in [1.54, 1.807) is 30.3 Å². The van der Waals surface area contributed by atoms with Gasteiger partial charge >= 0.3 is 0 Å². The highest BCUT2D eigenvalue weighted by Gasteiger charge is 2.36. The maximum atomic E-state index is 12.9. The van der Waals surface area contributed by atoms with Gasteiger partial charge in [0.1, 0.15) is 12.4 Å². The van der Waals surface area contributed by atoms with Crippen molar-refractivity contribution in [2.75, 3.05) is 4.90 Å². The van der Waals surface area contributed by atoms with Gasteiger partial charge in [0.15, 0.2) is 0 Å². The zero-order valence-corrected chi connectivity index (χ0v) is 21.4. The molecule has 4 aromatic rings. The summed E-state index contributed by atoms with van der Waals surface area (Å²) in [5.74, 6) is 0.404. The van der Waals surface area contributed by atoms with Gasteiger partial charge in [0.2, 0.25) is 0 Å². The number of anilines is 1. The van der Waals surface area contributed by atoms with E-state index in [0.717, 1.165) is 37.1 Å². The minimum atomic E-state index is -0.357. The van der Waals surface area contributed by atoms with Crippen molar-refractivity contribution >= 4 is 79.6 Å². The van der Waals surface area contributed by atoms with E-state index >= 15 is 0 Å². The summed E-state index contributed by atoms with van der Waals surface area (Å²) in [7, 11) is 0. The maximum absolute atomic E-state index is 12.9. The third-order valence-corrected chi connectivity index (χ3v) is 7.27. The Morgan fingerprint density at radius 2 is 1.74 bits per heavy atom. The largest absolute Gasteiger partial charge is 0.488 e. The third-order valence-electron chi connectivity index (χ3n) is 5.32. The second-order valence-corrected chi connectivity index (χ2v) is 10.2. The molecule has 0 saturated carbocycles. The molecule has 1 heterocycles. The lowest BCUT2D eigenvalue weighted by atomic mass is 10.1. The number of halogens is 2. The van der Waals surface area contributed by atoms with Crippen LogP contribution >= 0.6 is 46.0 Å². The van der Waals surface area contributed by atoms with Crippen LogP contribution in [-0.4, -0.2) is 11.1 Å². The topological polar surface area (TPSA) is 46.6 Å². The maximum Gasteiger partial charge on any atom is 0.298 e. The number of amides is 2. The fourth-order valence-electron chi connectivity index (χ4n) is 3.67. The van der Waals surface area contributed by atoms with Gasteiger partial charge in [-0.1, -0.05) is 60.1 Å². The molecule has 1 aliphatic rings. The number of hydrogen-bond donors (Lipinski definition) is 0. The van der Waals surface area contributed by atoms with E-state index in [-0.39, 0.29) is 11.1 Å². The zero-order valence-electron chi connectivity index (χ0n) is 17.7. The number of carbonyl (C=O) groups excluding carboxylic acids is 2. The molecule has 0 aliphatic carbocycles. The predicted molar refractivity (Wildman–Crippen MR) is 147 cm³/mol. The van der Waals surface area contributed by atoms with Gasteiger partial charge in [-0.2, -0.15) is 0 Å². The number of rotatable bonds is 5. The van der Waals surface area contributed by atoms with Crippen LogP contribution in [-0.2, 0) is 11.4 Å². The molecule has 4 aromatic carbocycles. The number of imide groups is 1. The summed E-state index contributed by atoms with van der Waals surface area (Å²) in [6.45, 7) is 0.457. The van der Waals surface area contributed by atoms with Gasteiger partial charge in [0.25, 0.3) is 11.1 Å². The molecule has 0 spiro atoms. The normalized spacial score (nSPS) is 14.9. The average Bonchev–Trinajstić information content (AvgIpc) is 3.11. The number of benzene rings is 4. The molecule has 0 atom stereocenters. The van der Waals surface area contributed by atoms with Gasteiger partial charge < -0.3 is 4.74 Å². The van der Waals surface area contributed by atoms with E-state index < -0.39 is 0 Å². The van der Waals surface area contributed by atoms with E-state index in [4.69, 9.17) is 16.3 Å². The van der Waals surface area contributed by atoms with E-state index in [2.05, 4.69) is 52.9 Å². The van der Waals surface area contributed by atoms with Gasteiger partial charge in [-0.05, 0) is 98.7 Å². The Labute approximate surface area is 219 Å². The highest BCUT2D eigenvalue weighted by atomic mass is 127. The number of nitrogens with zero attached hydrogens (tertiary/aromatic N) is 1. The quantitative estimate of drug-likeness (QED) is 0.173. The summed E-state index contributed by atoms with van der Waals surface area (Å²) < 4.78 is 6.96. The molecule has 0 radical (unpaired) electrons. The molecular formula is C27H17ClINO3S. The van der Waals surface area contributed by atoms with Crippen molar-refractivity contribution in [2.24, 2.45) is 0 Å². The molecule has 168 valence electrons. The molecule has 34 heavy (non-hydrogen) atoms. The molecule has 2 amide bonds. The molecule has 1 saturated heterocycles. The highest BCUT2D eigenvalue weighted by Crippen LogP contribution is 2.37. The van der Waals surface area contributed by atoms with Crippen LogP contribution in [0.5, 0.6) is 5.75 Å². The summed E-state index contributed by atoms with van der Waals surface area (Å²) in [5, 5.41) is 2.50. The number of thioether (sulfide) groups is 1. The Hall–Kier alpha value is -2.81. The SMILES string of the molecule is O=C1S/C(=C/c2ccc(OCc3ccc4ccccc4c3)c(I)c2)C(=O)N1c1cccc(Cl)c1. The van der Waals surface area contributed by atoms with Crippen LogP contribution in [0.3, 0.4) is 0 Å². The van der Waals surface area contributed by atoms with Crippen molar-refractivity contribution in [1.82, 2.24) is 0 Å². The first kappa shape index (κ1) is 23.0. The molecule has 4 nitrogen and oxygen atoms in total. The fourth-order valence-corrected chi connectivity index (χ4v) is 5.39. The first-order chi connectivity index (χ1) is 16.5. The lowest BCUT2D eigenvalue weighted by molar-refractivity contribution is -0.113. The number of carbonyl (C=O) groups is 2. The van der Waals surface area contributed by atoms with Crippen LogP contribution in [0.2, 0.25) is 5.02 Å². The van der Waals surface area contributed by atoms with Gasteiger partial charge in [-0.15, -0.1) is 0 Å². The first-order valence-corrected chi connectivity index (χ1v) is 12.7. The van der Waals surface area contributed by atoms with Crippen LogP contribution in [0.1, 0.15) is 11.1 Å². The van der Waals surface area contributed by atoms with Gasteiger partial charge in [-0.25, -0.2) is 4.90 Å². The number of fused-ring (bicyclic) bond motifs is 1. The van der Waals surface area contributed by atoms with Gasteiger partial charge in [0.05, 0.1) is 14.2 Å². The average molecular weight is 598 g/mol. The standard InChI is InChI=1S/C27H17ClINO3S/c28-21-6-3-7-22(15-21)30-26(31)25(34-27(30)32)14-17-9-11-24(23(29)13-17)33-16-18-8-10-19-4-1-2-5-20(19)12-18/h1-15H,16H2/b25-14+. The highest BCUT2D eigenvalue weighted by molar-refractivity contribution is 14.1. The lowest BCUT2D eigenvalue weighted by Crippen LogP contribution is -2.27. The van der Waals surface area contributed by atoms with Crippen molar-refractivity contribution in [3.8, 4) is 5.75 Å². The number of ether oxygens (including phenoxy) is 1. The first-order valence-electron chi connectivity index (χ1n) is 10.4. The Balaban J connectivity index is 1.31. The van der Waals surface area contributed by atoms with Crippen LogP contribution < -0.4 is 9.64 Å². The van der Waals surface area contributed by atoms with Crippen LogP contribution in [0.15, 0.2) is 89.8 Å². The molecule has 0 bridgehead atoms. The van der Waals surface area contributed by atoms with Crippen molar-refractivity contribution < 1.29 is 14.3 Å². The second kappa shape index (κ2) is 9.82. The minimum Gasteiger partial charge on any atom is -0.488 e. The summed E-state index contributed by atoms with van der Waals surface area (Å²) in [4.78, 5) is 26.9. The van der Waals surface area contributed by atoms with Crippen molar-refractivity contribution in [1.29, 1.82) is 0 Å². The van der Waals surface area contributed by atoms with E-state index in [0.29, 0.717) is 22.2 Å². The Morgan fingerprint density at radius 1 is 0.912 bits per heavy atom. The Morgan fingerprint density at radius 3 is 2.53 bits per heavy atom. The van der Waals surface area contributed by atoms with Crippen LogP contribution in [0.4, 0.5) is 10.5 Å². The summed E-state index contributed by atoms with van der Waals surface area (Å²) in [5.41, 5.74) is 2.37. The summed E-state index contributed by atoms with van der Waals surface area (Å²) in [6.07, 6.45) is 1.73. The molecule has 1 aliphatic heterocycles. The van der Waals surface area contributed by atoms with E-state index in [1.165, 1.54) is 10.8 Å². The van der Waals surface area contributed by atoms with Crippen LogP contribution in [0, 0.1) is 3.57 Å². The predicted octanol–water partition coefficient (Wildman–Crippen LogP) is 7.92. The summed E-state index contributed by atoms with van der Waals surface area (Å²) in [6, 6.07) is 26.9. The Kier molecular flexibility index (Phi) is 6.63. The smallest absolute Gasteiger partial charge is 0.298 e. The molecule has 1 fully saturated rings. The van der Waals surface area contributed by atoms with E-state index in [9.17, 15) is 9.59 Å².